The molecule has 2 aromatic rings. The molecule has 0 unspecified atom stereocenters. The summed E-state index contributed by atoms with van der Waals surface area (Å²) in [4.78, 5) is 12.0. The Kier molecular flexibility index (Phi) is 4.00. The van der Waals surface area contributed by atoms with E-state index in [1.165, 1.54) is 16.7 Å². The molecule has 2 heteroatoms. The molecule has 1 N–H and O–H groups in total. The highest BCUT2D eigenvalue weighted by Gasteiger charge is 2.05. The number of rotatable bonds is 4. The maximum atomic E-state index is 12.0. The molecular formula is C17H19NO. The molecule has 0 radical (unpaired) electrons. The first kappa shape index (κ1) is 13.3. The van der Waals surface area contributed by atoms with Crippen molar-refractivity contribution in [3.05, 3.63) is 64.7 Å². The molecule has 2 nitrogen and oxygen atoms in total. The van der Waals surface area contributed by atoms with E-state index in [9.17, 15) is 4.79 Å². The Labute approximate surface area is 114 Å². The molecule has 0 saturated carbocycles. The summed E-state index contributed by atoms with van der Waals surface area (Å²) < 4.78 is 0. The number of carbonyl (C=O) groups excluding carboxylic acids is 1. The van der Waals surface area contributed by atoms with E-state index in [1.807, 2.05) is 37.3 Å². The predicted octanol–water partition coefficient (Wildman–Crippen LogP) is 3.91. The lowest BCUT2D eigenvalue weighted by molar-refractivity contribution is 0.101. The van der Waals surface area contributed by atoms with Gasteiger partial charge in [-0.1, -0.05) is 35.9 Å². The van der Waals surface area contributed by atoms with E-state index in [-0.39, 0.29) is 5.78 Å². The van der Waals surface area contributed by atoms with Crippen LogP contribution in [0.2, 0.25) is 0 Å². The van der Waals surface area contributed by atoms with Gasteiger partial charge < -0.3 is 5.32 Å². The molecule has 0 aromatic heterocycles. The quantitative estimate of drug-likeness (QED) is 0.837. The van der Waals surface area contributed by atoms with Crippen LogP contribution < -0.4 is 5.32 Å². The van der Waals surface area contributed by atoms with Crippen molar-refractivity contribution in [2.75, 3.05) is 11.9 Å². The van der Waals surface area contributed by atoms with Crippen LogP contribution in [0.4, 0.5) is 5.69 Å². The number of aryl methyl sites for hydroxylation is 3. The second-order valence-corrected chi connectivity index (χ2v) is 4.94. The highest BCUT2D eigenvalue weighted by Crippen LogP contribution is 2.14. The Morgan fingerprint density at radius 1 is 0.947 bits per heavy atom. The molecule has 0 fully saturated rings. The number of hydrogen-bond acceptors (Lipinski definition) is 2. The van der Waals surface area contributed by atoms with Gasteiger partial charge in [0, 0.05) is 11.3 Å². The Morgan fingerprint density at radius 3 is 2.26 bits per heavy atom. The molecule has 0 bridgehead atoms. The monoisotopic (exact) mass is 253 g/mol. The summed E-state index contributed by atoms with van der Waals surface area (Å²) in [6.07, 6.45) is 0. The molecular weight excluding hydrogens is 234 g/mol. The summed E-state index contributed by atoms with van der Waals surface area (Å²) >= 11 is 0. The van der Waals surface area contributed by atoms with Gasteiger partial charge in [0.2, 0.25) is 0 Å². The third-order valence-corrected chi connectivity index (χ3v) is 3.33. The fraction of sp³-hybridized carbons (Fsp3) is 0.235. The van der Waals surface area contributed by atoms with Crippen LogP contribution >= 0.6 is 0 Å². The average Bonchev–Trinajstić information content (AvgIpc) is 2.40. The Hall–Kier alpha value is -2.09. The van der Waals surface area contributed by atoms with Gasteiger partial charge in [-0.3, -0.25) is 4.79 Å². The topological polar surface area (TPSA) is 29.1 Å². The van der Waals surface area contributed by atoms with Gasteiger partial charge >= 0.3 is 0 Å². The van der Waals surface area contributed by atoms with Gasteiger partial charge in [0.25, 0.3) is 0 Å². The molecule has 2 rings (SSSR count). The van der Waals surface area contributed by atoms with Crippen LogP contribution in [0.3, 0.4) is 0 Å². The van der Waals surface area contributed by atoms with Gasteiger partial charge in [-0.05, 0) is 44.0 Å². The van der Waals surface area contributed by atoms with Gasteiger partial charge in [0.05, 0.1) is 6.54 Å². The highest BCUT2D eigenvalue weighted by atomic mass is 16.1. The van der Waals surface area contributed by atoms with Crippen LogP contribution in [0, 0.1) is 20.8 Å². The lowest BCUT2D eigenvalue weighted by atomic mass is 10.1. The lowest BCUT2D eigenvalue weighted by Gasteiger charge is -2.08. The Balaban J connectivity index is 2.00. The van der Waals surface area contributed by atoms with Gasteiger partial charge in [0.15, 0.2) is 5.78 Å². The zero-order valence-electron chi connectivity index (χ0n) is 11.7. The van der Waals surface area contributed by atoms with Crippen molar-refractivity contribution >= 4 is 11.5 Å². The molecule has 98 valence electrons. The molecule has 0 atom stereocenters. The number of nitrogens with one attached hydrogen (secondary N) is 1. The molecule has 0 aliphatic carbocycles. The van der Waals surface area contributed by atoms with E-state index in [1.54, 1.807) is 0 Å². The fourth-order valence-electron chi connectivity index (χ4n) is 1.88. The van der Waals surface area contributed by atoms with Crippen LogP contribution in [0.15, 0.2) is 42.5 Å². The van der Waals surface area contributed by atoms with Crippen molar-refractivity contribution in [2.45, 2.75) is 20.8 Å². The summed E-state index contributed by atoms with van der Waals surface area (Å²) in [6, 6.07) is 13.8. The van der Waals surface area contributed by atoms with Gasteiger partial charge in [-0.25, -0.2) is 0 Å². The van der Waals surface area contributed by atoms with Crippen molar-refractivity contribution in [3.8, 4) is 0 Å². The summed E-state index contributed by atoms with van der Waals surface area (Å²) in [5.41, 5.74) is 5.40. The summed E-state index contributed by atoms with van der Waals surface area (Å²) in [6.45, 7) is 6.49. The first-order chi connectivity index (χ1) is 9.06. The van der Waals surface area contributed by atoms with Crippen LogP contribution in [0.5, 0.6) is 0 Å². The Bertz CT molecular complexity index is 585. The van der Waals surface area contributed by atoms with Crippen molar-refractivity contribution in [1.82, 2.24) is 0 Å². The highest BCUT2D eigenvalue weighted by molar-refractivity contribution is 5.99. The minimum atomic E-state index is 0.109. The summed E-state index contributed by atoms with van der Waals surface area (Å²) in [5, 5.41) is 3.18. The normalized spacial score (nSPS) is 10.3. The maximum absolute atomic E-state index is 12.0. The molecule has 0 heterocycles. The predicted molar refractivity (Wildman–Crippen MR) is 79.9 cm³/mol. The minimum absolute atomic E-state index is 0.109. The second kappa shape index (κ2) is 5.70. The maximum Gasteiger partial charge on any atom is 0.181 e. The van der Waals surface area contributed by atoms with E-state index < -0.39 is 0 Å². The Morgan fingerprint density at radius 2 is 1.63 bits per heavy atom. The number of benzene rings is 2. The standard InChI is InChI=1S/C17H19NO/c1-12-4-7-15(8-5-12)17(19)11-18-16-9-6-13(2)14(3)10-16/h4-10,18H,11H2,1-3H3. The van der Waals surface area contributed by atoms with E-state index in [2.05, 4.69) is 31.3 Å². The first-order valence-corrected chi connectivity index (χ1v) is 6.47. The molecule has 0 aliphatic heterocycles. The number of ketones is 1. The number of carbonyl (C=O) groups is 1. The SMILES string of the molecule is Cc1ccc(C(=O)CNc2ccc(C)c(C)c2)cc1. The van der Waals surface area contributed by atoms with Gasteiger partial charge in [0.1, 0.15) is 0 Å². The third-order valence-electron chi connectivity index (χ3n) is 3.33. The van der Waals surface area contributed by atoms with E-state index in [0.29, 0.717) is 6.54 Å². The average molecular weight is 253 g/mol. The smallest absolute Gasteiger partial charge is 0.181 e. The van der Waals surface area contributed by atoms with E-state index in [4.69, 9.17) is 0 Å². The fourth-order valence-corrected chi connectivity index (χ4v) is 1.88. The number of anilines is 1. The van der Waals surface area contributed by atoms with Crippen LogP contribution in [-0.2, 0) is 0 Å². The lowest BCUT2D eigenvalue weighted by Crippen LogP contribution is -2.14. The molecule has 19 heavy (non-hydrogen) atoms. The zero-order chi connectivity index (χ0) is 13.8. The van der Waals surface area contributed by atoms with Crippen molar-refractivity contribution in [1.29, 1.82) is 0 Å². The van der Waals surface area contributed by atoms with Crippen LogP contribution in [0.1, 0.15) is 27.0 Å². The molecule has 0 aliphatic rings. The third kappa shape index (κ3) is 3.44. The first-order valence-electron chi connectivity index (χ1n) is 6.47. The minimum Gasteiger partial charge on any atom is -0.378 e. The van der Waals surface area contributed by atoms with Crippen molar-refractivity contribution in [2.24, 2.45) is 0 Å². The van der Waals surface area contributed by atoms with E-state index >= 15 is 0 Å². The van der Waals surface area contributed by atoms with Gasteiger partial charge in [-0.15, -0.1) is 0 Å². The largest absolute Gasteiger partial charge is 0.378 e. The number of Topliss-reactive ketones (excluding diaryl/α,β-unsaturated/α-hetero) is 1. The van der Waals surface area contributed by atoms with Crippen LogP contribution in [-0.4, -0.2) is 12.3 Å². The summed E-state index contributed by atoms with van der Waals surface area (Å²) in [7, 11) is 0. The van der Waals surface area contributed by atoms with Gasteiger partial charge in [-0.2, -0.15) is 0 Å². The van der Waals surface area contributed by atoms with E-state index in [0.717, 1.165) is 11.3 Å². The molecule has 0 amide bonds. The number of hydrogen-bond donors (Lipinski definition) is 1. The summed E-state index contributed by atoms with van der Waals surface area (Å²) in [5.74, 6) is 0.109. The molecule has 0 spiro atoms. The second-order valence-electron chi connectivity index (χ2n) is 4.94. The van der Waals surface area contributed by atoms with Crippen molar-refractivity contribution < 1.29 is 4.79 Å². The van der Waals surface area contributed by atoms with Crippen molar-refractivity contribution in [3.63, 3.8) is 0 Å². The molecule has 2 aromatic carbocycles. The van der Waals surface area contributed by atoms with Crippen LogP contribution in [0.25, 0.3) is 0 Å². The molecule has 0 saturated heterocycles. The zero-order valence-corrected chi connectivity index (χ0v) is 11.7.